The molecule has 0 amide bonds. The van der Waals surface area contributed by atoms with Crippen LogP contribution in [-0.4, -0.2) is 11.7 Å². The van der Waals surface area contributed by atoms with Gasteiger partial charge in [-0.3, -0.25) is 0 Å². The summed E-state index contributed by atoms with van der Waals surface area (Å²) in [6.45, 7) is -0.193. The maximum absolute atomic E-state index is 12.7. The van der Waals surface area contributed by atoms with E-state index in [-0.39, 0.29) is 18.6 Å². The Hall–Kier alpha value is -1.07. The Morgan fingerprint density at radius 3 is 2.14 bits per heavy atom. The average molecular weight is 205 g/mol. The van der Waals surface area contributed by atoms with Gasteiger partial charge in [-0.05, 0) is 24.1 Å². The Kier molecular flexibility index (Phi) is 3.49. The van der Waals surface area contributed by atoms with Gasteiger partial charge in [-0.15, -0.1) is 0 Å². The van der Waals surface area contributed by atoms with Gasteiger partial charge in [-0.1, -0.05) is 0 Å². The second-order valence-electron chi connectivity index (χ2n) is 2.92. The van der Waals surface area contributed by atoms with Crippen LogP contribution in [0.2, 0.25) is 0 Å². The summed E-state index contributed by atoms with van der Waals surface area (Å²) < 4.78 is 37.9. The van der Waals surface area contributed by atoms with Gasteiger partial charge < -0.3 is 10.8 Å². The van der Waals surface area contributed by atoms with Crippen LogP contribution in [0.3, 0.4) is 0 Å². The molecule has 3 N–H and O–H groups in total. The summed E-state index contributed by atoms with van der Waals surface area (Å²) >= 11 is 0. The zero-order valence-corrected chi connectivity index (χ0v) is 7.30. The fourth-order valence-electron chi connectivity index (χ4n) is 1.09. The van der Waals surface area contributed by atoms with Crippen LogP contribution < -0.4 is 5.73 Å². The van der Waals surface area contributed by atoms with E-state index in [9.17, 15) is 13.2 Å². The molecule has 0 radical (unpaired) electrons. The number of benzene rings is 1. The van der Waals surface area contributed by atoms with Crippen molar-refractivity contribution in [1.29, 1.82) is 0 Å². The average Bonchev–Trinajstić information content (AvgIpc) is 2.13. The van der Waals surface area contributed by atoms with Crippen molar-refractivity contribution in [2.45, 2.75) is 12.5 Å². The van der Waals surface area contributed by atoms with E-state index in [2.05, 4.69) is 0 Å². The van der Waals surface area contributed by atoms with Gasteiger partial charge in [0, 0.05) is 12.6 Å². The van der Waals surface area contributed by atoms with E-state index in [1.165, 1.54) is 0 Å². The number of hydrogen-bond donors (Lipinski definition) is 2. The van der Waals surface area contributed by atoms with E-state index in [0.717, 1.165) is 12.1 Å². The monoisotopic (exact) mass is 205 g/mol. The highest BCUT2D eigenvalue weighted by atomic mass is 19.2. The molecule has 2 nitrogen and oxygen atoms in total. The first-order valence-electron chi connectivity index (χ1n) is 4.07. The normalized spacial score (nSPS) is 12.9. The van der Waals surface area contributed by atoms with E-state index in [0.29, 0.717) is 0 Å². The van der Waals surface area contributed by atoms with Crippen LogP contribution in [0.25, 0.3) is 0 Å². The van der Waals surface area contributed by atoms with Crippen LogP contribution in [0.4, 0.5) is 13.2 Å². The van der Waals surface area contributed by atoms with Crippen molar-refractivity contribution in [3.05, 3.63) is 35.1 Å². The standard InChI is InChI=1S/C9H10F3NO/c10-6-3-5(8(13)1-2-14)4-7(11)9(6)12/h3-4,8,14H,1-2,13H2/t8-/m0/s1. The van der Waals surface area contributed by atoms with Crippen molar-refractivity contribution in [3.8, 4) is 0 Å². The van der Waals surface area contributed by atoms with Crippen molar-refractivity contribution in [2.24, 2.45) is 5.73 Å². The van der Waals surface area contributed by atoms with Crippen LogP contribution in [-0.2, 0) is 0 Å². The van der Waals surface area contributed by atoms with E-state index in [1.807, 2.05) is 0 Å². The molecule has 78 valence electrons. The molecule has 14 heavy (non-hydrogen) atoms. The number of aliphatic hydroxyl groups excluding tert-OH is 1. The van der Waals surface area contributed by atoms with E-state index in [4.69, 9.17) is 10.8 Å². The summed E-state index contributed by atoms with van der Waals surface area (Å²) in [6, 6.07) is 0.974. The molecule has 0 aromatic heterocycles. The third kappa shape index (κ3) is 2.24. The lowest BCUT2D eigenvalue weighted by Gasteiger charge is -2.10. The Labute approximate surface area is 79.2 Å². The van der Waals surface area contributed by atoms with Crippen LogP contribution in [0.1, 0.15) is 18.0 Å². The fourth-order valence-corrected chi connectivity index (χ4v) is 1.09. The van der Waals surface area contributed by atoms with Crippen molar-refractivity contribution in [1.82, 2.24) is 0 Å². The van der Waals surface area contributed by atoms with E-state index >= 15 is 0 Å². The molecular formula is C9H10F3NO. The lowest BCUT2D eigenvalue weighted by molar-refractivity contribution is 0.276. The zero-order valence-electron chi connectivity index (χ0n) is 7.30. The van der Waals surface area contributed by atoms with Crippen LogP contribution in [0.5, 0.6) is 0 Å². The third-order valence-corrected chi connectivity index (χ3v) is 1.87. The van der Waals surface area contributed by atoms with Crippen molar-refractivity contribution < 1.29 is 18.3 Å². The number of hydrogen-bond acceptors (Lipinski definition) is 2. The summed E-state index contributed by atoms with van der Waals surface area (Å²) in [4.78, 5) is 0. The molecule has 0 aliphatic carbocycles. The highest BCUT2D eigenvalue weighted by Gasteiger charge is 2.14. The largest absolute Gasteiger partial charge is 0.396 e. The lowest BCUT2D eigenvalue weighted by Crippen LogP contribution is -2.13. The highest BCUT2D eigenvalue weighted by Crippen LogP contribution is 2.19. The first kappa shape index (κ1) is 11.0. The summed E-state index contributed by atoms with van der Waals surface area (Å²) in [6.07, 6.45) is 0.171. The first-order valence-corrected chi connectivity index (χ1v) is 4.07. The van der Waals surface area contributed by atoms with E-state index < -0.39 is 23.5 Å². The smallest absolute Gasteiger partial charge is 0.194 e. The second-order valence-corrected chi connectivity index (χ2v) is 2.92. The molecule has 0 aliphatic heterocycles. The molecule has 0 spiro atoms. The molecule has 0 bridgehead atoms. The minimum absolute atomic E-state index is 0.135. The van der Waals surface area contributed by atoms with Gasteiger partial charge in [0.15, 0.2) is 17.5 Å². The number of halogens is 3. The van der Waals surface area contributed by atoms with Gasteiger partial charge in [-0.2, -0.15) is 0 Å². The van der Waals surface area contributed by atoms with Gasteiger partial charge in [0.25, 0.3) is 0 Å². The summed E-state index contributed by atoms with van der Waals surface area (Å²) in [7, 11) is 0. The van der Waals surface area contributed by atoms with Gasteiger partial charge >= 0.3 is 0 Å². The van der Waals surface area contributed by atoms with Crippen molar-refractivity contribution in [2.75, 3.05) is 6.61 Å². The van der Waals surface area contributed by atoms with E-state index in [1.54, 1.807) is 0 Å². The van der Waals surface area contributed by atoms with Crippen LogP contribution >= 0.6 is 0 Å². The fraction of sp³-hybridized carbons (Fsp3) is 0.333. The molecule has 0 saturated heterocycles. The number of nitrogens with two attached hydrogens (primary N) is 1. The highest BCUT2D eigenvalue weighted by molar-refractivity contribution is 5.22. The van der Waals surface area contributed by atoms with Crippen molar-refractivity contribution >= 4 is 0 Å². The molecule has 1 atom stereocenters. The molecule has 0 unspecified atom stereocenters. The molecule has 1 aromatic carbocycles. The predicted octanol–water partition coefficient (Wildman–Crippen LogP) is 1.49. The molecule has 0 heterocycles. The van der Waals surface area contributed by atoms with Crippen molar-refractivity contribution in [3.63, 3.8) is 0 Å². The Balaban J connectivity index is 3.00. The number of aliphatic hydroxyl groups is 1. The SMILES string of the molecule is N[C@@H](CCO)c1cc(F)c(F)c(F)c1. The maximum Gasteiger partial charge on any atom is 0.194 e. The van der Waals surface area contributed by atoms with Gasteiger partial charge in [0.2, 0.25) is 0 Å². The molecule has 5 heteroatoms. The molecule has 0 fully saturated rings. The minimum atomic E-state index is -1.51. The summed E-state index contributed by atoms with van der Waals surface area (Å²) in [5.74, 6) is -4.05. The Morgan fingerprint density at radius 1 is 1.21 bits per heavy atom. The third-order valence-electron chi connectivity index (χ3n) is 1.87. The second kappa shape index (κ2) is 4.43. The van der Waals surface area contributed by atoms with Crippen LogP contribution in [0.15, 0.2) is 12.1 Å². The maximum atomic E-state index is 12.7. The quantitative estimate of drug-likeness (QED) is 0.734. The molecular weight excluding hydrogens is 195 g/mol. The Bertz CT molecular complexity index is 307. The lowest BCUT2D eigenvalue weighted by atomic mass is 10.0. The summed E-state index contributed by atoms with van der Waals surface area (Å²) in [5, 5.41) is 8.55. The van der Waals surface area contributed by atoms with Gasteiger partial charge in [-0.25, -0.2) is 13.2 Å². The first-order chi connectivity index (χ1) is 6.56. The predicted molar refractivity (Wildman–Crippen MR) is 44.9 cm³/mol. The number of rotatable bonds is 3. The molecule has 0 saturated carbocycles. The van der Waals surface area contributed by atoms with Gasteiger partial charge in [0.05, 0.1) is 0 Å². The Morgan fingerprint density at radius 2 is 1.71 bits per heavy atom. The molecule has 0 aliphatic rings. The summed E-state index contributed by atoms with van der Waals surface area (Å²) in [5.41, 5.74) is 5.61. The zero-order chi connectivity index (χ0) is 10.7. The topological polar surface area (TPSA) is 46.2 Å². The minimum Gasteiger partial charge on any atom is -0.396 e. The van der Waals surface area contributed by atoms with Gasteiger partial charge in [0.1, 0.15) is 0 Å². The van der Waals surface area contributed by atoms with Crippen LogP contribution in [0, 0.1) is 17.5 Å². The molecule has 1 rings (SSSR count). The molecule has 1 aromatic rings.